The van der Waals surface area contributed by atoms with Crippen molar-refractivity contribution in [3.8, 4) is 11.3 Å². The maximum Gasteiger partial charge on any atom is 0.328 e. The molecule has 2 heterocycles. The lowest BCUT2D eigenvalue weighted by atomic mass is 9.97. The van der Waals surface area contributed by atoms with Crippen molar-refractivity contribution in [3.05, 3.63) is 64.7 Å². The Morgan fingerprint density at radius 3 is 2.26 bits per heavy atom. The van der Waals surface area contributed by atoms with Crippen molar-refractivity contribution in [1.82, 2.24) is 25.5 Å². The summed E-state index contributed by atoms with van der Waals surface area (Å²) in [5.74, 6) is -1.71. The van der Waals surface area contributed by atoms with Gasteiger partial charge in [0.25, 0.3) is 5.91 Å². The number of fused-ring (bicyclic) bond motifs is 1. The Balaban J connectivity index is 0.00000294. The van der Waals surface area contributed by atoms with Gasteiger partial charge in [0.2, 0.25) is 5.95 Å². The lowest BCUT2D eigenvalue weighted by Gasteiger charge is -2.31. The maximum atomic E-state index is 15.1. The van der Waals surface area contributed by atoms with Crippen molar-refractivity contribution in [3.63, 3.8) is 0 Å². The Kier molecular flexibility index (Phi) is 14.5. The molecule has 256 valence electrons. The number of nitrogens with one attached hydrogen (secondary N) is 3. The summed E-state index contributed by atoms with van der Waals surface area (Å²) in [6.45, 7) is 17.7. The second-order valence-corrected chi connectivity index (χ2v) is 11.7. The molecule has 0 bridgehead atoms. The molecule has 0 saturated heterocycles. The minimum atomic E-state index is -0.893. The molecule has 0 fully saturated rings. The molecule has 9 nitrogen and oxygen atoms in total. The molecule has 47 heavy (non-hydrogen) atoms. The number of nitrogens with zero attached hydrogens (tertiary/aromatic N) is 4. The number of hydrogen-bond acceptors (Lipinski definition) is 6. The van der Waals surface area contributed by atoms with Gasteiger partial charge in [0.1, 0.15) is 17.3 Å². The number of amides is 3. The number of carbonyl (C=O) groups excluding carboxylic acids is 2. The van der Waals surface area contributed by atoms with Gasteiger partial charge in [-0.3, -0.25) is 4.79 Å². The van der Waals surface area contributed by atoms with E-state index < -0.39 is 23.4 Å². The standard InChI is InChI=1S/C34H45F2N7O2.C2H6/c1-6-8-17-42(18-9-7-2)19-11-16-37-33-40-29(25-20-24(15-14-23(25)5)32(44)39-22(3)4)26-21-38-34(45)43(31(26)41-33)30-27(35)12-10-13-28(30)36;1-2/h10,12-15,20,22H,6-9,11,16-19,21H2,1-5H3,(H,38,45)(H,39,44)(H,37,40,41);1-2H3. The van der Waals surface area contributed by atoms with Crippen LogP contribution in [-0.2, 0) is 6.54 Å². The van der Waals surface area contributed by atoms with Crippen LogP contribution in [0.1, 0.15) is 95.1 Å². The smallest absolute Gasteiger partial charge is 0.328 e. The van der Waals surface area contributed by atoms with E-state index in [0.717, 1.165) is 74.3 Å². The summed E-state index contributed by atoms with van der Waals surface area (Å²) in [5, 5.41) is 8.93. The zero-order valence-electron chi connectivity index (χ0n) is 29.0. The first-order valence-corrected chi connectivity index (χ1v) is 17.0. The van der Waals surface area contributed by atoms with Gasteiger partial charge in [-0.2, -0.15) is 4.98 Å². The molecule has 1 aromatic heterocycles. The van der Waals surface area contributed by atoms with Gasteiger partial charge in [0.05, 0.1) is 12.2 Å². The van der Waals surface area contributed by atoms with E-state index in [4.69, 9.17) is 4.98 Å². The van der Waals surface area contributed by atoms with E-state index in [1.54, 1.807) is 12.1 Å². The van der Waals surface area contributed by atoms with Crippen LogP contribution >= 0.6 is 0 Å². The summed E-state index contributed by atoms with van der Waals surface area (Å²) >= 11 is 0. The van der Waals surface area contributed by atoms with Gasteiger partial charge in [0.15, 0.2) is 5.82 Å². The van der Waals surface area contributed by atoms with Crippen LogP contribution in [-0.4, -0.2) is 59.0 Å². The molecule has 11 heteroatoms. The zero-order chi connectivity index (χ0) is 34.5. The SMILES string of the molecule is CC.CCCCN(CCCC)CCCNc1nc(-c2cc(C(=O)NC(C)C)ccc2C)c2c(n1)N(c1c(F)cccc1F)C(=O)NC2. The van der Waals surface area contributed by atoms with Crippen molar-refractivity contribution in [2.45, 2.75) is 93.2 Å². The van der Waals surface area contributed by atoms with Crippen molar-refractivity contribution >= 4 is 29.4 Å². The highest BCUT2D eigenvalue weighted by molar-refractivity contribution is 6.02. The predicted octanol–water partition coefficient (Wildman–Crippen LogP) is 7.96. The number of hydrogen-bond donors (Lipinski definition) is 3. The highest BCUT2D eigenvalue weighted by Gasteiger charge is 2.34. The van der Waals surface area contributed by atoms with Crippen LogP contribution in [0.15, 0.2) is 36.4 Å². The molecular formula is C36H51F2N7O2. The summed E-state index contributed by atoms with van der Waals surface area (Å²) in [7, 11) is 0. The van der Waals surface area contributed by atoms with Gasteiger partial charge in [-0.15, -0.1) is 0 Å². The molecule has 0 spiro atoms. The number of aromatic nitrogens is 2. The summed E-state index contributed by atoms with van der Waals surface area (Å²) in [5.41, 5.74) is 2.37. The third-order valence-electron chi connectivity index (χ3n) is 7.74. The first kappa shape index (κ1) is 37.3. The van der Waals surface area contributed by atoms with Gasteiger partial charge >= 0.3 is 6.03 Å². The van der Waals surface area contributed by atoms with Crippen molar-refractivity contribution in [2.24, 2.45) is 0 Å². The molecule has 0 unspecified atom stereocenters. The number of halogens is 2. The Morgan fingerprint density at radius 1 is 1.00 bits per heavy atom. The number of rotatable bonds is 15. The summed E-state index contributed by atoms with van der Waals surface area (Å²) in [6, 6.07) is 8.03. The second-order valence-electron chi connectivity index (χ2n) is 11.7. The van der Waals surface area contributed by atoms with Crippen LogP contribution in [0.5, 0.6) is 0 Å². The largest absolute Gasteiger partial charge is 0.354 e. The number of anilines is 3. The minimum absolute atomic E-state index is 0.0437. The van der Waals surface area contributed by atoms with E-state index in [2.05, 4.69) is 39.7 Å². The molecule has 0 radical (unpaired) electrons. The molecule has 3 N–H and O–H groups in total. The molecule has 4 rings (SSSR count). The lowest BCUT2D eigenvalue weighted by Crippen LogP contribution is -2.43. The van der Waals surface area contributed by atoms with E-state index in [0.29, 0.717) is 28.9 Å². The highest BCUT2D eigenvalue weighted by Crippen LogP contribution is 2.39. The van der Waals surface area contributed by atoms with Crippen LogP contribution in [0.25, 0.3) is 11.3 Å². The summed E-state index contributed by atoms with van der Waals surface area (Å²) in [4.78, 5) is 39.0. The predicted molar refractivity (Wildman–Crippen MR) is 186 cm³/mol. The Labute approximate surface area is 278 Å². The normalized spacial score (nSPS) is 12.4. The zero-order valence-corrected chi connectivity index (χ0v) is 29.0. The first-order valence-electron chi connectivity index (χ1n) is 17.0. The quantitative estimate of drug-likeness (QED) is 0.144. The molecule has 1 aliphatic rings. The first-order chi connectivity index (χ1) is 22.6. The summed E-state index contributed by atoms with van der Waals surface area (Å²) < 4.78 is 30.1. The van der Waals surface area contributed by atoms with Crippen LogP contribution in [0.4, 0.5) is 31.0 Å². The number of para-hydroxylation sites is 1. The summed E-state index contributed by atoms with van der Waals surface area (Å²) in [6.07, 6.45) is 5.40. The van der Waals surface area contributed by atoms with Crippen molar-refractivity contribution in [1.29, 1.82) is 0 Å². The highest BCUT2D eigenvalue weighted by atomic mass is 19.1. The van der Waals surface area contributed by atoms with E-state index >= 15 is 8.78 Å². The monoisotopic (exact) mass is 651 g/mol. The van der Waals surface area contributed by atoms with Crippen molar-refractivity contribution in [2.75, 3.05) is 36.4 Å². The van der Waals surface area contributed by atoms with E-state index in [1.165, 1.54) is 6.07 Å². The number of urea groups is 1. The fourth-order valence-electron chi connectivity index (χ4n) is 5.34. The van der Waals surface area contributed by atoms with Crippen LogP contribution in [0.2, 0.25) is 0 Å². The topological polar surface area (TPSA) is 102 Å². The van der Waals surface area contributed by atoms with Gasteiger partial charge in [-0.1, -0.05) is 52.7 Å². The molecular weight excluding hydrogens is 600 g/mol. The molecule has 0 saturated carbocycles. The number of benzene rings is 2. The molecule has 1 aliphatic heterocycles. The molecule has 3 amide bonds. The Bertz CT molecular complexity index is 1470. The molecule has 0 aliphatic carbocycles. The van der Waals surface area contributed by atoms with Gasteiger partial charge in [0, 0.05) is 29.3 Å². The third-order valence-corrected chi connectivity index (χ3v) is 7.74. The average molecular weight is 652 g/mol. The third kappa shape index (κ3) is 9.70. The average Bonchev–Trinajstić information content (AvgIpc) is 3.05. The van der Waals surface area contributed by atoms with Crippen LogP contribution < -0.4 is 20.9 Å². The minimum Gasteiger partial charge on any atom is -0.354 e. The van der Waals surface area contributed by atoms with Gasteiger partial charge < -0.3 is 20.9 Å². The number of carbonyl (C=O) groups is 2. The molecule has 2 aromatic carbocycles. The van der Waals surface area contributed by atoms with E-state index in [1.807, 2.05) is 40.7 Å². The van der Waals surface area contributed by atoms with Gasteiger partial charge in [-0.25, -0.2) is 23.5 Å². The van der Waals surface area contributed by atoms with Crippen molar-refractivity contribution < 1.29 is 18.4 Å². The Hall–Kier alpha value is -4.12. The molecule has 3 aromatic rings. The fourth-order valence-corrected chi connectivity index (χ4v) is 5.34. The second kappa shape index (κ2) is 18.3. The lowest BCUT2D eigenvalue weighted by molar-refractivity contribution is 0.0943. The van der Waals surface area contributed by atoms with E-state index in [9.17, 15) is 9.59 Å². The van der Waals surface area contributed by atoms with E-state index in [-0.39, 0.29) is 30.3 Å². The number of aryl methyl sites for hydroxylation is 1. The fraction of sp³-hybridized carbons (Fsp3) is 0.500. The number of unbranched alkanes of at least 4 members (excludes halogenated alkanes) is 2. The van der Waals surface area contributed by atoms with Crippen LogP contribution in [0, 0.1) is 18.6 Å². The van der Waals surface area contributed by atoms with Crippen LogP contribution in [0.3, 0.4) is 0 Å². The Morgan fingerprint density at radius 2 is 1.64 bits per heavy atom. The maximum absolute atomic E-state index is 15.1. The molecule has 0 atom stereocenters. The van der Waals surface area contributed by atoms with Gasteiger partial charge in [-0.05, 0) is 89.5 Å².